The van der Waals surface area contributed by atoms with Crippen molar-refractivity contribution in [1.29, 1.82) is 0 Å². The molecule has 0 atom stereocenters. The van der Waals surface area contributed by atoms with E-state index in [0.717, 1.165) is 28.5 Å². The van der Waals surface area contributed by atoms with Crippen molar-refractivity contribution in [3.05, 3.63) is 78.1 Å². The number of rotatable bonds is 9. The van der Waals surface area contributed by atoms with Gasteiger partial charge in [-0.15, -0.1) is 10.2 Å². The average molecular weight is 476 g/mol. The number of aromatic nitrogens is 3. The fourth-order valence-corrected chi connectivity index (χ4v) is 3.46. The molecule has 2 aromatic carbocycles. The number of methoxy groups -OCH3 is 2. The van der Waals surface area contributed by atoms with Crippen LogP contribution in [0, 0.1) is 0 Å². The number of esters is 1. The largest absolute Gasteiger partial charge is 0.497 e. The van der Waals surface area contributed by atoms with Crippen LogP contribution in [0.5, 0.6) is 17.2 Å². The SMILES string of the molecule is COc1cc(/C=C/c2ccc(OC(=O)CSc3nnc(-c4ccncc4)o3)cc2)cc(OC)c1. The highest BCUT2D eigenvalue weighted by molar-refractivity contribution is 7.99. The van der Waals surface area contributed by atoms with Gasteiger partial charge in [-0.2, -0.15) is 0 Å². The van der Waals surface area contributed by atoms with Crippen molar-refractivity contribution in [3.63, 3.8) is 0 Å². The first-order chi connectivity index (χ1) is 16.6. The van der Waals surface area contributed by atoms with Gasteiger partial charge in [0.25, 0.3) is 5.22 Å². The predicted molar refractivity (Wildman–Crippen MR) is 129 cm³/mol. The van der Waals surface area contributed by atoms with Gasteiger partial charge >= 0.3 is 5.97 Å². The third kappa shape index (κ3) is 6.23. The van der Waals surface area contributed by atoms with Crippen molar-refractivity contribution in [2.45, 2.75) is 5.22 Å². The molecule has 0 radical (unpaired) electrons. The number of hydrogen-bond acceptors (Lipinski definition) is 9. The van der Waals surface area contributed by atoms with Crippen LogP contribution in [0.15, 0.2) is 76.6 Å². The van der Waals surface area contributed by atoms with Gasteiger partial charge in [-0.05, 0) is 47.5 Å². The minimum Gasteiger partial charge on any atom is -0.497 e. The van der Waals surface area contributed by atoms with E-state index in [4.69, 9.17) is 18.6 Å². The number of nitrogens with zero attached hydrogens (tertiary/aromatic N) is 3. The van der Waals surface area contributed by atoms with E-state index in [1.54, 1.807) is 50.9 Å². The Morgan fingerprint density at radius 3 is 2.24 bits per heavy atom. The molecule has 0 aliphatic carbocycles. The number of hydrogen-bond donors (Lipinski definition) is 0. The van der Waals surface area contributed by atoms with Gasteiger partial charge in [-0.1, -0.05) is 36.0 Å². The number of thioether (sulfide) groups is 1. The molecule has 0 aliphatic rings. The lowest BCUT2D eigenvalue weighted by Crippen LogP contribution is -2.10. The fourth-order valence-electron chi connectivity index (χ4n) is 2.93. The van der Waals surface area contributed by atoms with Gasteiger partial charge in [0.2, 0.25) is 5.89 Å². The molecule has 172 valence electrons. The smallest absolute Gasteiger partial charge is 0.321 e. The maximum atomic E-state index is 12.2. The number of pyridine rings is 1. The molecule has 0 unspecified atom stereocenters. The molecule has 0 N–H and O–H groups in total. The minimum absolute atomic E-state index is 0.0390. The molecule has 2 heterocycles. The van der Waals surface area contributed by atoms with Gasteiger partial charge in [-0.25, -0.2) is 0 Å². The van der Waals surface area contributed by atoms with Crippen LogP contribution in [0.1, 0.15) is 11.1 Å². The highest BCUT2D eigenvalue weighted by Crippen LogP contribution is 2.25. The van der Waals surface area contributed by atoms with Crippen molar-refractivity contribution < 1.29 is 23.4 Å². The molecular weight excluding hydrogens is 454 g/mol. The molecule has 4 aromatic rings. The third-order valence-electron chi connectivity index (χ3n) is 4.60. The van der Waals surface area contributed by atoms with Gasteiger partial charge in [0.1, 0.15) is 23.0 Å². The summed E-state index contributed by atoms with van der Waals surface area (Å²) < 4.78 is 21.5. The van der Waals surface area contributed by atoms with Gasteiger partial charge in [0.05, 0.1) is 14.2 Å². The zero-order valence-corrected chi connectivity index (χ0v) is 19.3. The third-order valence-corrected chi connectivity index (χ3v) is 5.39. The molecule has 0 bridgehead atoms. The summed E-state index contributed by atoms with van der Waals surface area (Å²) in [5, 5.41) is 8.21. The van der Waals surface area contributed by atoms with E-state index < -0.39 is 5.97 Å². The molecule has 8 nitrogen and oxygen atoms in total. The quantitative estimate of drug-likeness (QED) is 0.143. The Bertz CT molecular complexity index is 1250. The van der Waals surface area contributed by atoms with E-state index in [1.165, 1.54) is 0 Å². The number of carbonyl (C=O) groups is 1. The normalized spacial score (nSPS) is 10.9. The summed E-state index contributed by atoms with van der Waals surface area (Å²) in [7, 11) is 3.23. The first-order valence-electron chi connectivity index (χ1n) is 10.2. The van der Waals surface area contributed by atoms with Crippen molar-refractivity contribution in [2.75, 3.05) is 20.0 Å². The Morgan fingerprint density at radius 2 is 1.56 bits per heavy atom. The Kier molecular flexibility index (Phi) is 7.56. The summed E-state index contributed by atoms with van der Waals surface area (Å²) >= 11 is 1.12. The predicted octanol–water partition coefficient (Wildman–Crippen LogP) is 5.02. The van der Waals surface area contributed by atoms with Crippen molar-refractivity contribution in [2.24, 2.45) is 0 Å². The second kappa shape index (κ2) is 11.2. The van der Waals surface area contributed by atoms with Crippen LogP contribution in [-0.2, 0) is 4.79 Å². The minimum atomic E-state index is -0.416. The van der Waals surface area contributed by atoms with Crippen LogP contribution in [-0.4, -0.2) is 41.1 Å². The van der Waals surface area contributed by atoms with Gasteiger partial charge in [0.15, 0.2) is 0 Å². The Hall–Kier alpha value is -4.11. The first kappa shape index (κ1) is 23.1. The topological polar surface area (TPSA) is 96.6 Å². The summed E-state index contributed by atoms with van der Waals surface area (Å²) in [6, 6.07) is 16.4. The molecule has 0 amide bonds. The van der Waals surface area contributed by atoms with Crippen LogP contribution >= 0.6 is 11.8 Å². The maximum Gasteiger partial charge on any atom is 0.321 e. The Labute approximate surface area is 200 Å². The molecule has 9 heteroatoms. The molecule has 0 aliphatic heterocycles. The summed E-state index contributed by atoms with van der Waals surface area (Å²) in [5.74, 6) is 1.88. The molecule has 34 heavy (non-hydrogen) atoms. The maximum absolute atomic E-state index is 12.2. The van der Waals surface area contributed by atoms with Gasteiger partial charge in [-0.3, -0.25) is 9.78 Å². The van der Waals surface area contributed by atoms with E-state index in [0.29, 0.717) is 28.4 Å². The molecule has 2 aromatic heterocycles. The van der Waals surface area contributed by atoms with Crippen molar-refractivity contribution in [1.82, 2.24) is 15.2 Å². The Balaban J connectivity index is 1.30. The van der Waals surface area contributed by atoms with Crippen LogP contribution < -0.4 is 14.2 Å². The highest BCUT2D eigenvalue weighted by Gasteiger charge is 2.12. The van der Waals surface area contributed by atoms with E-state index in [2.05, 4.69) is 15.2 Å². The average Bonchev–Trinajstić information content (AvgIpc) is 3.36. The summed E-state index contributed by atoms with van der Waals surface area (Å²) in [6.45, 7) is 0. The van der Waals surface area contributed by atoms with Gasteiger partial charge in [0, 0.05) is 24.0 Å². The number of ether oxygens (including phenoxy) is 3. The lowest BCUT2D eigenvalue weighted by Gasteiger charge is -2.06. The van der Waals surface area contributed by atoms with Crippen molar-refractivity contribution >= 4 is 29.9 Å². The monoisotopic (exact) mass is 475 g/mol. The lowest BCUT2D eigenvalue weighted by atomic mass is 10.1. The van der Waals surface area contributed by atoms with Crippen LogP contribution in [0.3, 0.4) is 0 Å². The fraction of sp³-hybridized carbons (Fsp3) is 0.120. The zero-order chi connectivity index (χ0) is 23.8. The van der Waals surface area contributed by atoms with Crippen LogP contribution in [0.25, 0.3) is 23.6 Å². The summed E-state index contributed by atoms with van der Waals surface area (Å²) in [4.78, 5) is 16.2. The second-order valence-corrected chi connectivity index (χ2v) is 7.85. The zero-order valence-electron chi connectivity index (χ0n) is 18.5. The van der Waals surface area contributed by atoms with E-state index in [-0.39, 0.29) is 5.75 Å². The Morgan fingerprint density at radius 1 is 0.882 bits per heavy atom. The molecule has 4 rings (SSSR count). The standard InChI is InChI=1S/C25H21N3O5S/c1-30-21-13-18(14-22(15-21)31-2)4-3-17-5-7-20(8-6-17)32-23(29)16-34-25-28-27-24(33-25)19-9-11-26-12-10-19/h3-15H,16H2,1-2H3/b4-3+. The molecular formula is C25H21N3O5S. The van der Waals surface area contributed by atoms with E-state index >= 15 is 0 Å². The first-order valence-corrected chi connectivity index (χ1v) is 11.2. The van der Waals surface area contributed by atoms with Crippen LogP contribution in [0.2, 0.25) is 0 Å². The van der Waals surface area contributed by atoms with Gasteiger partial charge < -0.3 is 18.6 Å². The molecule has 0 spiro atoms. The summed E-state index contributed by atoms with van der Waals surface area (Å²) in [5.41, 5.74) is 2.65. The molecule has 0 saturated heterocycles. The lowest BCUT2D eigenvalue weighted by molar-refractivity contribution is -0.131. The number of carbonyl (C=O) groups excluding carboxylic acids is 1. The van der Waals surface area contributed by atoms with Crippen molar-refractivity contribution in [3.8, 4) is 28.7 Å². The second-order valence-electron chi connectivity index (χ2n) is 6.92. The summed E-state index contributed by atoms with van der Waals surface area (Å²) in [6.07, 6.45) is 7.18. The number of benzene rings is 2. The highest BCUT2D eigenvalue weighted by atomic mass is 32.2. The molecule has 0 fully saturated rings. The van der Waals surface area contributed by atoms with E-state index in [1.807, 2.05) is 42.5 Å². The van der Waals surface area contributed by atoms with E-state index in [9.17, 15) is 4.79 Å². The van der Waals surface area contributed by atoms with Crippen LogP contribution in [0.4, 0.5) is 0 Å². The molecule has 0 saturated carbocycles.